The molecule has 3 aromatic carbocycles. The second-order valence-corrected chi connectivity index (χ2v) is 7.83. The highest BCUT2D eigenvalue weighted by Gasteiger charge is 2.34. The standard InChI is InChI=1S/C22H16BrClN2O2/c23-15-10-11-19-17(12-15)21(14-6-2-1-3-7-14)26(13-20(27)25-19)22(28)16-8-4-5-9-18(16)24/h1-12,21H,13H2,(H,25,27)/t21-/m1/s1. The van der Waals surface area contributed by atoms with Crippen LogP contribution in [0.25, 0.3) is 0 Å². The van der Waals surface area contributed by atoms with E-state index in [1.54, 1.807) is 29.2 Å². The summed E-state index contributed by atoms with van der Waals surface area (Å²) in [6.45, 7) is -0.0735. The summed E-state index contributed by atoms with van der Waals surface area (Å²) in [6.07, 6.45) is 0. The number of hydrogen-bond donors (Lipinski definition) is 1. The van der Waals surface area contributed by atoms with Crippen molar-refractivity contribution in [1.29, 1.82) is 0 Å². The summed E-state index contributed by atoms with van der Waals surface area (Å²) >= 11 is 9.79. The van der Waals surface area contributed by atoms with Crippen molar-refractivity contribution in [3.63, 3.8) is 0 Å². The highest BCUT2D eigenvalue weighted by molar-refractivity contribution is 9.10. The van der Waals surface area contributed by atoms with E-state index in [2.05, 4.69) is 21.2 Å². The van der Waals surface area contributed by atoms with Crippen LogP contribution in [-0.2, 0) is 4.79 Å². The van der Waals surface area contributed by atoms with E-state index in [0.29, 0.717) is 16.3 Å². The average Bonchev–Trinajstić information content (AvgIpc) is 2.84. The van der Waals surface area contributed by atoms with Crippen molar-refractivity contribution in [3.05, 3.63) is 99.0 Å². The monoisotopic (exact) mass is 454 g/mol. The summed E-state index contributed by atoms with van der Waals surface area (Å²) in [7, 11) is 0. The number of amides is 2. The molecule has 3 aromatic rings. The number of anilines is 1. The van der Waals surface area contributed by atoms with Crippen LogP contribution < -0.4 is 5.32 Å². The van der Waals surface area contributed by atoms with Crippen molar-refractivity contribution in [2.45, 2.75) is 6.04 Å². The molecule has 0 saturated heterocycles. The van der Waals surface area contributed by atoms with Gasteiger partial charge in [0.2, 0.25) is 5.91 Å². The van der Waals surface area contributed by atoms with Gasteiger partial charge in [-0.25, -0.2) is 0 Å². The van der Waals surface area contributed by atoms with Gasteiger partial charge in [0.25, 0.3) is 5.91 Å². The van der Waals surface area contributed by atoms with Crippen molar-refractivity contribution in [2.75, 3.05) is 11.9 Å². The number of carbonyl (C=O) groups excluding carboxylic acids is 2. The smallest absolute Gasteiger partial charge is 0.256 e. The predicted molar refractivity (Wildman–Crippen MR) is 114 cm³/mol. The van der Waals surface area contributed by atoms with Crippen LogP contribution >= 0.6 is 27.5 Å². The zero-order valence-corrected chi connectivity index (χ0v) is 17.1. The van der Waals surface area contributed by atoms with Gasteiger partial charge in [0.1, 0.15) is 6.54 Å². The lowest BCUT2D eigenvalue weighted by atomic mass is 9.95. The van der Waals surface area contributed by atoms with Crippen molar-refractivity contribution in [3.8, 4) is 0 Å². The van der Waals surface area contributed by atoms with Crippen molar-refractivity contribution >= 4 is 45.0 Å². The van der Waals surface area contributed by atoms with Crippen LogP contribution in [0.1, 0.15) is 27.5 Å². The van der Waals surface area contributed by atoms with Crippen LogP contribution in [0.5, 0.6) is 0 Å². The fourth-order valence-electron chi connectivity index (χ4n) is 3.45. The maximum Gasteiger partial charge on any atom is 0.256 e. The quantitative estimate of drug-likeness (QED) is 0.571. The Kier molecular flexibility index (Phi) is 5.20. The molecule has 0 fully saturated rings. The van der Waals surface area contributed by atoms with Gasteiger partial charge < -0.3 is 10.2 Å². The first-order valence-electron chi connectivity index (χ1n) is 8.74. The molecule has 4 rings (SSSR count). The zero-order valence-electron chi connectivity index (χ0n) is 14.7. The van der Waals surface area contributed by atoms with E-state index >= 15 is 0 Å². The third-order valence-electron chi connectivity index (χ3n) is 4.69. The molecule has 1 N–H and O–H groups in total. The number of nitrogens with zero attached hydrogens (tertiary/aromatic N) is 1. The number of nitrogens with one attached hydrogen (secondary N) is 1. The minimum absolute atomic E-state index is 0.0735. The second kappa shape index (κ2) is 7.78. The van der Waals surface area contributed by atoms with Crippen LogP contribution in [-0.4, -0.2) is 23.3 Å². The number of carbonyl (C=O) groups is 2. The van der Waals surface area contributed by atoms with Crippen LogP contribution in [0, 0.1) is 0 Å². The molecule has 2 amide bonds. The fraction of sp³-hybridized carbons (Fsp3) is 0.0909. The summed E-state index contributed by atoms with van der Waals surface area (Å²) in [5, 5.41) is 3.27. The molecule has 1 aliphatic rings. The maximum atomic E-state index is 13.4. The summed E-state index contributed by atoms with van der Waals surface area (Å²) in [5.74, 6) is -0.537. The largest absolute Gasteiger partial charge is 0.324 e. The van der Waals surface area contributed by atoms with Gasteiger partial charge in [0, 0.05) is 15.7 Å². The Bertz CT molecular complexity index is 1060. The Morgan fingerprint density at radius 2 is 1.75 bits per heavy atom. The Labute approximate surface area is 176 Å². The summed E-state index contributed by atoms with van der Waals surface area (Å²) in [5.41, 5.74) is 2.82. The third-order valence-corrected chi connectivity index (χ3v) is 5.51. The van der Waals surface area contributed by atoms with Crippen LogP contribution in [0.15, 0.2) is 77.3 Å². The molecule has 0 radical (unpaired) electrons. The summed E-state index contributed by atoms with van der Waals surface area (Å²) < 4.78 is 0.869. The molecular formula is C22H16BrClN2O2. The summed E-state index contributed by atoms with van der Waals surface area (Å²) in [4.78, 5) is 27.6. The molecule has 1 atom stereocenters. The predicted octanol–water partition coefficient (Wildman–Crippen LogP) is 5.29. The molecule has 1 aliphatic heterocycles. The molecule has 0 unspecified atom stereocenters. The van der Waals surface area contributed by atoms with Crippen LogP contribution in [0.4, 0.5) is 5.69 Å². The number of fused-ring (bicyclic) bond motifs is 1. The highest BCUT2D eigenvalue weighted by atomic mass is 79.9. The van der Waals surface area contributed by atoms with Crippen LogP contribution in [0.2, 0.25) is 5.02 Å². The SMILES string of the molecule is O=C1CN(C(=O)c2ccccc2Cl)[C@H](c2ccccc2)c2cc(Br)ccc2N1. The molecule has 28 heavy (non-hydrogen) atoms. The minimum atomic E-state index is -0.434. The van der Waals surface area contributed by atoms with Gasteiger partial charge in [0.05, 0.1) is 16.6 Å². The van der Waals surface area contributed by atoms with E-state index in [-0.39, 0.29) is 18.4 Å². The first kappa shape index (κ1) is 18.7. The molecule has 4 nitrogen and oxygen atoms in total. The molecule has 6 heteroatoms. The van der Waals surface area contributed by atoms with Gasteiger partial charge in [-0.05, 0) is 35.9 Å². The van der Waals surface area contributed by atoms with Crippen molar-refractivity contribution in [1.82, 2.24) is 4.90 Å². The van der Waals surface area contributed by atoms with Gasteiger partial charge in [-0.15, -0.1) is 0 Å². The molecule has 0 spiro atoms. The lowest BCUT2D eigenvalue weighted by Crippen LogP contribution is -2.39. The lowest BCUT2D eigenvalue weighted by molar-refractivity contribution is -0.117. The van der Waals surface area contributed by atoms with Gasteiger partial charge in [0.15, 0.2) is 0 Å². The first-order chi connectivity index (χ1) is 13.5. The Hall–Kier alpha value is -2.63. The van der Waals surface area contributed by atoms with E-state index in [0.717, 1.165) is 15.6 Å². The van der Waals surface area contributed by atoms with E-state index < -0.39 is 6.04 Å². The van der Waals surface area contributed by atoms with Gasteiger partial charge in [-0.1, -0.05) is 70.0 Å². The number of rotatable bonds is 2. The molecule has 0 saturated carbocycles. The molecule has 0 aromatic heterocycles. The summed E-state index contributed by atoms with van der Waals surface area (Å²) in [6, 6.07) is 21.8. The van der Waals surface area contributed by atoms with Crippen molar-refractivity contribution in [2.24, 2.45) is 0 Å². The average molecular weight is 456 g/mol. The second-order valence-electron chi connectivity index (χ2n) is 6.51. The Morgan fingerprint density at radius 3 is 2.50 bits per heavy atom. The molecule has 1 heterocycles. The Morgan fingerprint density at radius 1 is 1.04 bits per heavy atom. The highest BCUT2D eigenvalue weighted by Crippen LogP contribution is 2.38. The lowest BCUT2D eigenvalue weighted by Gasteiger charge is -2.31. The van der Waals surface area contributed by atoms with E-state index in [1.165, 1.54) is 0 Å². The van der Waals surface area contributed by atoms with E-state index in [1.807, 2.05) is 48.5 Å². The maximum absolute atomic E-state index is 13.4. The first-order valence-corrected chi connectivity index (χ1v) is 9.91. The van der Waals surface area contributed by atoms with Gasteiger partial charge in [-0.2, -0.15) is 0 Å². The third kappa shape index (κ3) is 3.55. The van der Waals surface area contributed by atoms with Gasteiger partial charge in [-0.3, -0.25) is 9.59 Å². The van der Waals surface area contributed by atoms with E-state index in [9.17, 15) is 9.59 Å². The normalized spacial score (nSPS) is 16.1. The molecule has 0 aliphatic carbocycles. The van der Waals surface area contributed by atoms with Crippen LogP contribution in [0.3, 0.4) is 0 Å². The molecule has 0 bridgehead atoms. The molecule has 140 valence electrons. The number of halogens is 2. The molecular weight excluding hydrogens is 440 g/mol. The van der Waals surface area contributed by atoms with Gasteiger partial charge >= 0.3 is 0 Å². The van der Waals surface area contributed by atoms with E-state index in [4.69, 9.17) is 11.6 Å². The topological polar surface area (TPSA) is 49.4 Å². The van der Waals surface area contributed by atoms with Crippen molar-refractivity contribution < 1.29 is 9.59 Å². The fourth-order valence-corrected chi connectivity index (χ4v) is 4.05. The zero-order chi connectivity index (χ0) is 19.7. The minimum Gasteiger partial charge on any atom is -0.324 e. The Balaban J connectivity index is 1.91. The number of hydrogen-bond acceptors (Lipinski definition) is 2. The number of benzene rings is 3.